The molecule has 2 heterocycles. The van der Waals surface area contributed by atoms with Crippen molar-refractivity contribution in [3.05, 3.63) is 21.9 Å². The summed E-state index contributed by atoms with van der Waals surface area (Å²) in [6.07, 6.45) is 1.99. The Bertz CT molecular complexity index is 446. The first kappa shape index (κ1) is 15.3. The van der Waals surface area contributed by atoms with Gasteiger partial charge in [-0.25, -0.2) is 5.84 Å². The molecule has 20 heavy (non-hydrogen) atoms. The molecule has 0 saturated heterocycles. The summed E-state index contributed by atoms with van der Waals surface area (Å²) in [4.78, 5) is 8.31. The zero-order valence-electron chi connectivity index (χ0n) is 12.3. The first-order chi connectivity index (χ1) is 9.77. The SMILES string of the molecule is CCOCCCN=C(NN)N1CCc2sccc2C1C. The van der Waals surface area contributed by atoms with E-state index in [0.29, 0.717) is 6.04 Å². The van der Waals surface area contributed by atoms with Gasteiger partial charge in [-0.2, -0.15) is 0 Å². The summed E-state index contributed by atoms with van der Waals surface area (Å²) in [5.74, 6) is 6.43. The molecular weight excluding hydrogens is 272 g/mol. The molecule has 6 heteroatoms. The molecule has 1 aliphatic heterocycles. The van der Waals surface area contributed by atoms with Crippen LogP contribution in [-0.2, 0) is 11.2 Å². The van der Waals surface area contributed by atoms with E-state index in [9.17, 15) is 0 Å². The Labute approximate surface area is 124 Å². The number of ether oxygens (including phenoxy) is 1. The van der Waals surface area contributed by atoms with Crippen molar-refractivity contribution in [2.75, 3.05) is 26.3 Å². The van der Waals surface area contributed by atoms with Gasteiger partial charge in [-0.3, -0.25) is 10.4 Å². The Hall–Kier alpha value is -1.11. The minimum Gasteiger partial charge on any atom is -0.382 e. The second kappa shape index (κ2) is 7.61. The molecule has 0 spiro atoms. The summed E-state index contributed by atoms with van der Waals surface area (Å²) < 4.78 is 5.32. The highest BCUT2D eigenvalue weighted by Crippen LogP contribution is 2.32. The van der Waals surface area contributed by atoms with Crippen LogP contribution in [0.2, 0.25) is 0 Å². The van der Waals surface area contributed by atoms with Crippen molar-refractivity contribution in [2.24, 2.45) is 10.8 Å². The van der Waals surface area contributed by atoms with E-state index in [2.05, 4.69) is 33.7 Å². The first-order valence-corrected chi connectivity index (χ1v) is 8.07. The normalized spacial score (nSPS) is 19.1. The quantitative estimate of drug-likeness (QED) is 0.286. The fourth-order valence-corrected chi connectivity index (χ4v) is 3.48. The molecule has 0 bridgehead atoms. The van der Waals surface area contributed by atoms with Crippen molar-refractivity contribution in [1.82, 2.24) is 10.3 Å². The third kappa shape index (κ3) is 3.50. The zero-order chi connectivity index (χ0) is 14.4. The zero-order valence-corrected chi connectivity index (χ0v) is 13.1. The van der Waals surface area contributed by atoms with Gasteiger partial charge in [0, 0.05) is 31.2 Å². The van der Waals surface area contributed by atoms with Gasteiger partial charge in [-0.15, -0.1) is 11.3 Å². The van der Waals surface area contributed by atoms with Gasteiger partial charge in [-0.1, -0.05) is 0 Å². The summed E-state index contributed by atoms with van der Waals surface area (Å²) in [5.41, 5.74) is 4.16. The molecule has 0 aromatic carbocycles. The van der Waals surface area contributed by atoms with Gasteiger partial charge in [0.1, 0.15) is 0 Å². The van der Waals surface area contributed by atoms with Crippen LogP contribution in [0.15, 0.2) is 16.4 Å². The molecule has 0 aliphatic carbocycles. The Kier molecular flexibility index (Phi) is 5.82. The topological polar surface area (TPSA) is 62.9 Å². The summed E-state index contributed by atoms with van der Waals surface area (Å²) in [5, 5.41) is 2.17. The van der Waals surface area contributed by atoms with Crippen LogP contribution >= 0.6 is 11.3 Å². The van der Waals surface area contributed by atoms with Crippen molar-refractivity contribution in [3.8, 4) is 0 Å². The lowest BCUT2D eigenvalue weighted by molar-refractivity contribution is 0.146. The number of hydrazine groups is 1. The lowest BCUT2D eigenvalue weighted by atomic mass is 10.0. The standard InChI is InChI=1S/C14H24N4OS/c1-3-19-9-4-7-16-14(17-15)18-8-5-13-12(11(18)2)6-10-20-13/h6,10-11H,3-5,7-9,15H2,1-2H3,(H,16,17). The van der Waals surface area contributed by atoms with Crippen molar-refractivity contribution >= 4 is 17.3 Å². The molecule has 0 fully saturated rings. The first-order valence-electron chi connectivity index (χ1n) is 7.19. The summed E-state index contributed by atoms with van der Waals surface area (Å²) in [7, 11) is 0. The molecule has 1 aromatic heterocycles. The van der Waals surface area contributed by atoms with E-state index in [1.165, 1.54) is 10.4 Å². The van der Waals surface area contributed by atoms with Gasteiger partial charge in [0.05, 0.1) is 6.04 Å². The number of nitrogens with two attached hydrogens (primary N) is 1. The monoisotopic (exact) mass is 296 g/mol. The number of nitrogens with zero attached hydrogens (tertiary/aromatic N) is 2. The fraction of sp³-hybridized carbons (Fsp3) is 0.643. The number of thiophene rings is 1. The largest absolute Gasteiger partial charge is 0.382 e. The van der Waals surface area contributed by atoms with E-state index in [-0.39, 0.29) is 0 Å². The Morgan fingerprint density at radius 3 is 3.25 bits per heavy atom. The van der Waals surface area contributed by atoms with Gasteiger partial charge in [0.25, 0.3) is 0 Å². The number of hydrogen-bond donors (Lipinski definition) is 2. The molecule has 0 radical (unpaired) electrons. The Balaban J connectivity index is 1.96. The van der Waals surface area contributed by atoms with Crippen LogP contribution < -0.4 is 11.3 Å². The van der Waals surface area contributed by atoms with E-state index >= 15 is 0 Å². The number of aliphatic imine (C=N–C) groups is 1. The predicted molar refractivity (Wildman–Crippen MR) is 83.9 cm³/mol. The average Bonchev–Trinajstić information content (AvgIpc) is 2.94. The Morgan fingerprint density at radius 2 is 2.50 bits per heavy atom. The van der Waals surface area contributed by atoms with Crippen LogP contribution in [0.3, 0.4) is 0 Å². The van der Waals surface area contributed by atoms with E-state index in [1.54, 1.807) is 0 Å². The lowest BCUT2D eigenvalue weighted by Gasteiger charge is -2.35. The highest BCUT2D eigenvalue weighted by Gasteiger charge is 2.26. The third-order valence-electron chi connectivity index (χ3n) is 3.59. The molecule has 1 unspecified atom stereocenters. The van der Waals surface area contributed by atoms with Crippen molar-refractivity contribution in [2.45, 2.75) is 32.7 Å². The van der Waals surface area contributed by atoms with Crippen LogP contribution in [0.1, 0.15) is 36.8 Å². The summed E-state index contributed by atoms with van der Waals surface area (Å²) >= 11 is 1.84. The minimum atomic E-state index is 0.326. The average molecular weight is 296 g/mol. The lowest BCUT2D eigenvalue weighted by Crippen LogP contribution is -2.48. The second-order valence-electron chi connectivity index (χ2n) is 4.82. The van der Waals surface area contributed by atoms with E-state index in [4.69, 9.17) is 10.6 Å². The highest BCUT2D eigenvalue weighted by molar-refractivity contribution is 7.10. The van der Waals surface area contributed by atoms with Gasteiger partial charge in [-0.05, 0) is 43.7 Å². The molecule has 0 saturated carbocycles. The number of nitrogens with one attached hydrogen (secondary N) is 1. The van der Waals surface area contributed by atoms with E-state index in [0.717, 1.165) is 45.1 Å². The van der Waals surface area contributed by atoms with Gasteiger partial charge in [0.2, 0.25) is 5.96 Å². The van der Waals surface area contributed by atoms with E-state index < -0.39 is 0 Å². The van der Waals surface area contributed by atoms with Crippen LogP contribution in [-0.4, -0.2) is 37.2 Å². The van der Waals surface area contributed by atoms with E-state index in [1.807, 2.05) is 18.3 Å². The number of hydrogen-bond acceptors (Lipinski definition) is 4. The van der Waals surface area contributed by atoms with Crippen LogP contribution in [0.5, 0.6) is 0 Å². The maximum Gasteiger partial charge on any atom is 0.208 e. The molecule has 1 aromatic rings. The number of guanidine groups is 1. The van der Waals surface area contributed by atoms with Gasteiger partial charge in [0.15, 0.2) is 0 Å². The van der Waals surface area contributed by atoms with Crippen molar-refractivity contribution in [1.29, 1.82) is 0 Å². The van der Waals surface area contributed by atoms with Crippen LogP contribution in [0.25, 0.3) is 0 Å². The summed E-state index contributed by atoms with van der Waals surface area (Å²) in [6.45, 7) is 7.42. The van der Waals surface area contributed by atoms with Crippen LogP contribution in [0.4, 0.5) is 0 Å². The second-order valence-corrected chi connectivity index (χ2v) is 5.82. The minimum absolute atomic E-state index is 0.326. The van der Waals surface area contributed by atoms with Crippen molar-refractivity contribution < 1.29 is 4.74 Å². The molecule has 2 rings (SSSR count). The molecular formula is C14H24N4OS. The molecule has 0 amide bonds. The molecule has 1 atom stereocenters. The summed E-state index contributed by atoms with van der Waals surface area (Å²) in [6, 6.07) is 2.53. The predicted octanol–water partition coefficient (Wildman–Crippen LogP) is 1.91. The molecule has 3 N–H and O–H groups in total. The molecule has 1 aliphatic rings. The molecule has 5 nitrogen and oxygen atoms in total. The highest BCUT2D eigenvalue weighted by atomic mass is 32.1. The van der Waals surface area contributed by atoms with Gasteiger partial charge < -0.3 is 9.64 Å². The number of fused-ring (bicyclic) bond motifs is 1. The smallest absolute Gasteiger partial charge is 0.208 e. The maximum absolute atomic E-state index is 5.65. The third-order valence-corrected chi connectivity index (χ3v) is 4.59. The Morgan fingerprint density at radius 1 is 1.65 bits per heavy atom. The maximum atomic E-state index is 5.65. The van der Waals surface area contributed by atoms with Crippen LogP contribution in [0, 0.1) is 0 Å². The molecule has 112 valence electrons. The van der Waals surface area contributed by atoms with Gasteiger partial charge >= 0.3 is 0 Å². The fourth-order valence-electron chi connectivity index (χ4n) is 2.51. The number of rotatable bonds is 5. The van der Waals surface area contributed by atoms with Crippen molar-refractivity contribution in [3.63, 3.8) is 0 Å².